The largest absolute Gasteiger partial charge is 0.480 e. The van der Waals surface area contributed by atoms with Crippen LogP contribution in [0.2, 0.25) is 5.02 Å². The van der Waals surface area contributed by atoms with Gasteiger partial charge in [-0.25, -0.2) is 4.98 Å². The minimum atomic E-state index is -4.55. The molecule has 1 atom stereocenters. The van der Waals surface area contributed by atoms with Crippen molar-refractivity contribution in [1.82, 2.24) is 9.88 Å². The molecule has 6 nitrogen and oxygen atoms in total. The average molecular weight is 523 g/mol. The number of carbonyl (C=O) groups is 1. The summed E-state index contributed by atoms with van der Waals surface area (Å²) in [5.41, 5.74) is -0.610. The summed E-state index contributed by atoms with van der Waals surface area (Å²) in [5, 5.41) is 0.00795. The Labute approximate surface area is 191 Å². The molecule has 168 valence electrons. The van der Waals surface area contributed by atoms with Crippen LogP contribution in [0.4, 0.5) is 18.9 Å². The smallest absolute Gasteiger partial charge is 0.418 e. The average Bonchev–Trinajstić information content (AvgIpc) is 2.73. The summed E-state index contributed by atoms with van der Waals surface area (Å²) in [6, 6.07) is 6.44. The van der Waals surface area contributed by atoms with Gasteiger partial charge in [0, 0.05) is 37.5 Å². The van der Waals surface area contributed by atoms with Crippen molar-refractivity contribution in [3.05, 3.63) is 51.1 Å². The molecule has 1 aromatic carbocycles. The molecule has 0 N–H and O–H groups in total. The maximum atomic E-state index is 13.6. The summed E-state index contributed by atoms with van der Waals surface area (Å²) in [4.78, 5) is 20.5. The molecule has 31 heavy (non-hydrogen) atoms. The predicted octanol–water partition coefficient (Wildman–Crippen LogP) is 4.50. The highest BCUT2D eigenvalue weighted by Crippen LogP contribution is 2.39. The summed E-state index contributed by atoms with van der Waals surface area (Å²) in [7, 11) is 2.92. The highest BCUT2D eigenvalue weighted by Gasteiger charge is 2.38. The molecule has 0 spiro atoms. The van der Waals surface area contributed by atoms with Crippen LogP contribution in [0, 0.1) is 0 Å². The Morgan fingerprint density at radius 2 is 2.00 bits per heavy atom. The third-order valence-electron chi connectivity index (χ3n) is 4.93. The molecule has 2 heterocycles. The fourth-order valence-electron chi connectivity index (χ4n) is 3.52. The molecule has 0 saturated carbocycles. The molecule has 0 radical (unpaired) electrons. The Kier molecular flexibility index (Phi) is 7.33. The summed E-state index contributed by atoms with van der Waals surface area (Å²) >= 11 is 9.09. The van der Waals surface area contributed by atoms with Crippen LogP contribution in [-0.2, 0) is 10.9 Å². The number of methoxy groups -OCH3 is 2. The van der Waals surface area contributed by atoms with Gasteiger partial charge in [-0.15, -0.1) is 0 Å². The first-order valence-electron chi connectivity index (χ1n) is 9.27. The number of hydrogen-bond donors (Lipinski definition) is 0. The maximum Gasteiger partial charge on any atom is 0.418 e. The van der Waals surface area contributed by atoms with Gasteiger partial charge in [-0.3, -0.25) is 4.79 Å². The number of rotatable bonds is 5. The Morgan fingerprint density at radius 1 is 1.26 bits per heavy atom. The lowest BCUT2D eigenvalue weighted by Crippen LogP contribution is -2.57. The topological polar surface area (TPSA) is 54.9 Å². The zero-order valence-electron chi connectivity index (χ0n) is 16.7. The number of hydrogen-bond acceptors (Lipinski definition) is 5. The van der Waals surface area contributed by atoms with Crippen LogP contribution < -0.4 is 9.64 Å². The molecule has 3 rings (SSSR count). The van der Waals surface area contributed by atoms with Crippen molar-refractivity contribution in [2.24, 2.45) is 0 Å². The Bertz CT molecular complexity index is 961. The van der Waals surface area contributed by atoms with Gasteiger partial charge in [0.05, 0.1) is 29.8 Å². The van der Waals surface area contributed by atoms with Crippen molar-refractivity contribution in [2.75, 3.05) is 45.4 Å². The number of piperazine rings is 1. The normalized spacial score (nSPS) is 17.1. The number of carbonyl (C=O) groups excluding carboxylic acids is 1. The van der Waals surface area contributed by atoms with E-state index in [1.54, 1.807) is 21.9 Å². The van der Waals surface area contributed by atoms with Crippen molar-refractivity contribution in [3.63, 3.8) is 0 Å². The van der Waals surface area contributed by atoms with Crippen LogP contribution in [0.5, 0.6) is 5.88 Å². The van der Waals surface area contributed by atoms with Crippen molar-refractivity contribution in [3.8, 4) is 5.88 Å². The van der Waals surface area contributed by atoms with E-state index in [-0.39, 0.29) is 54.4 Å². The first-order chi connectivity index (χ1) is 14.7. The quantitative estimate of drug-likeness (QED) is 0.579. The second kappa shape index (κ2) is 9.62. The van der Waals surface area contributed by atoms with E-state index >= 15 is 0 Å². The van der Waals surface area contributed by atoms with Crippen molar-refractivity contribution >= 4 is 39.1 Å². The molecule has 1 aromatic heterocycles. The van der Waals surface area contributed by atoms with E-state index in [4.69, 9.17) is 21.1 Å². The third-order valence-corrected chi connectivity index (χ3v) is 5.77. The number of alkyl halides is 3. The molecule has 1 aliphatic rings. The minimum Gasteiger partial charge on any atom is -0.480 e. The van der Waals surface area contributed by atoms with Gasteiger partial charge in [0.1, 0.15) is 5.69 Å². The van der Waals surface area contributed by atoms with Crippen LogP contribution >= 0.6 is 27.5 Å². The van der Waals surface area contributed by atoms with E-state index in [1.165, 1.54) is 26.4 Å². The second-order valence-electron chi connectivity index (χ2n) is 6.90. The van der Waals surface area contributed by atoms with E-state index < -0.39 is 17.8 Å². The van der Waals surface area contributed by atoms with Crippen LogP contribution in [0.25, 0.3) is 0 Å². The minimum absolute atomic E-state index is 0.00795. The highest BCUT2D eigenvalue weighted by atomic mass is 79.9. The van der Waals surface area contributed by atoms with Crippen molar-refractivity contribution in [2.45, 2.75) is 12.2 Å². The molecule has 11 heteroatoms. The first kappa shape index (κ1) is 23.6. The Morgan fingerprint density at radius 3 is 2.65 bits per heavy atom. The molecule has 1 fully saturated rings. The lowest BCUT2D eigenvalue weighted by atomic mass is 10.1. The van der Waals surface area contributed by atoms with Gasteiger partial charge in [0.15, 0.2) is 0 Å². The van der Waals surface area contributed by atoms with Gasteiger partial charge in [-0.1, -0.05) is 11.6 Å². The van der Waals surface area contributed by atoms with Gasteiger partial charge >= 0.3 is 6.18 Å². The van der Waals surface area contributed by atoms with Gasteiger partial charge < -0.3 is 19.3 Å². The molecule has 2 aromatic rings. The fraction of sp³-hybridized carbons (Fsp3) is 0.400. The van der Waals surface area contributed by atoms with Crippen LogP contribution in [0.1, 0.15) is 16.1 Å². The van der Waals surface area contributed by atoms with Crippen LogP contribution in [-0.4, -0.2) is 62.3 Å². The van der Waals surface area contributed by atoms with E-state index in [0.29, 0.717) is 4.47 Å². The van der Waals surface area contributed by atoms with E-state index in [2.05, 4.69) is 20.9 Å². The van der Waals surface area contributed by atoms with E-state index in [1.807, 2.05) is 0 Å². The summed E-state index contributed by atoms with van der Waals surface area (Å²) in [6.45, 7) is 0.736. The molecular weight excluding hydrogens is 503 g/mol. The molecule has 1 amide bonds. The lowest BCUT2D eigenvalue weighted by Gasteiger charge is -2.42. The molecule has 0 aliphatic carbocycles. The second-order valence-corrected chi connectivity index (χ2v) is 8.19. The maximum absolute atomic E-state index is 13.6. The number of pyridine rings is 1. The summed E-state index contributed by atoms with van der Waals surface area (Å²) < 4.78 is 51.7. The molecule has 1 aliphatic heterocycles. The van der Waals surface area contributed by atoms with E-state index in [9.17, 15) is 18.0 Å². The monoisotopic (exact) mass is 521 g/mol. The molecular formula is C20H20BrClF3N3O3. The number of nitrogens with zero attached hydrogens (tertiary/aromatic N) is 3. The number of anilines is 1. The lowest BCUT2D eigenvalue weighted by molar-refractivity contribution is -0.137. The fourth-order valence-corrected chi connectivity index (χ4v) is 4.08. The highest BCUT2D eigenvalue weighted by molar-refractivity contribution is 9.10. The van der Waals surface area contributed by atoms with Crippen LogP contribution in [0.15, 0.2) is 34.8 Å². The number of halogens is 5. The Balaban J connectivity index is 1.87. The summed E-state index contributed by atoms with van der Waals surface area (Å²) in [5.74, 6) is -0.0802. The number of aromatic nitrogens is 1. The molecule has 1 saturated heterocycles. The predicted molar refractivity (Wildman–Crippen MR) is 114 cm³/mol. The van der Waals surface area contributed by atoms with Gasteiger partial charge in [0.2, 0.25) is 5.88 Å². The van der Waals surface area contributed by atoms with Gasteiger partial charge in [0.25, 0.3) is 5.91 Å². The Hall–Kier alpha value is -2.04. The third kappa shape index (κ3) is 5.24. The zero-order valence-corrected chi connectivity index (χ0v) is 19.1. The van der Waals surface area contributed by atoms with Crippen molar-refractivity contribution in [1.29, 1.82) is 0 Å². The standard InChI is InChI=1S/C20H20BrClF3N3O3/c1-30-11-13-10-27(17-6-3-12(22)9-14(17)20(23,24)25)7-8-28(13)19(29)16-5-4-15(21)18(26-16)31-2/h3-6,9,13H,7-8,10-11H2,1-2H3. The SMILES string of the molecule is COCC1CN(c2ccc(Cl)cc2C(F)(F)F)CCN1C(=O)c1ccc(Br)c(OC)n1. The number of ether oxygens (including phenoxy) is 2. The van der Waals surface area contributed by atoms with Gasteiger partial charge in [-0.05, 0) is 46.3 Å². The summed E-state index contributed by atoms with van der Waals surface area (Å²) in [6.07, 6.45) is -4.55. The van der Waals surface area contributed by atoms with E-state index in [0.717, 1.165) is 6.07 Å². The number of amides is 1. The molecule has 0 bridgehead atoms. The molecule has 1 unspecified atom stereocenters. The zero-order chi connectivity index (χ0) is 22.8. The first-order valence-corrected chi connectivity index (χ1v) is 10.4. The number of benzene rings is 1. The van der Waals surface area contributed by atoms with Crippen molar-refractivity contribution < 1.29 is 27.4 Å². The van der Waals surface area contributed by atoms with Crippen LogP contribution in [0.3, 0.4) is 0 Å². The van der Waals surface area contributed by atoms with Gasteiger partial charge in [-0.2, -0.15) is 13.2 Å².